The maximum Gasteiger partial charge on any atom is 0.238 e. The smallest absolute Gasteiger partial charge is 0.238 e. The van der Waals surface area contributed by atoms with Crippen LogP contribution >= 0.6 is 0 Å². The number of benzene rings is 1. The fraction of sp³-hybridized carbons (Fsp3) is 0.250. The second kappa shape index (κ2) is 4.05. The molecule has 0 saturated heterocycles. The Morgan fingerprint density at radius 2 is 2.00 bits per heavy atom. The minimum Gasteiger partial charge on any atom is -0.397 e. The molecule has 6 nitrogen and oxygen atoms in total. The predicted octanol–water partition coefficient (Wildman–Crippen LogP) is -0.0862. The van der Waals surface area contributed by atoms with Gasteiger partial charge in [0.25, 0.3) is 0 Å². The molecule has 0 unspecified atom stereocenters. The lowest BCUT2D eigenvalue weighted by Gasteiger charge is -2.18. The monoisotopic (exact) mass is 231 g/mol. The summed E-state index contributed by atoms with van der Waals surface area (Å²) in [5.74, 6) is 0. The Morgan fingerprint density at radius 1 is 1.40 bits per heavy atom. The summed E-state index contributed by atoms with van der Waals surface area (Å²) < 4.78 is 22.2. The minimum atomic E-state index is -3.72. The molecule has 0 fully saturated rings. The third-order valence-electron chi connectivity index (χ3n) is 1.94. The molecule has 0 saturated carbocycles. The quantitative estimate of drug-likeness (QED) is 0.559. The van der Waals surface area contributed by atoms with E-state index in [1.165, 1.54) is 30.4 Å². The highest BCUT2D eigenvalue weighted by atomic mass is 32.2. The molecule has 1 aromatic carbocycles. The number of hydrogen-bond acceptors (Lipinski definition) is 5. The molecule has 84 valence electrons. The lowest BCUT2D eigenvalue weighted by molar-refractivity contribution is 0.185. The van der Waals surface area contributed by atoms with Gasteiger partial charge >= 0.3 is 0 Å². The van der Waals surface area contributed by atoms with Crippen LogP contribution in [0.25, 0.3) is 0 Å². The van der Waals surface area contributed by atoms with Crippen LogP contribution in [0.15, 0.2) is 23.1 Å². The summed E-state index contributed by atoms with van der Waals surface area (Å²) in [6.07, 6.45) is 0. The van der Waals surface area contributed by atoms with Gasteiger partial charge in [-0.3, -0.25) is 9.90 Å². The Hall–Kier alpha value is -1.31. The van der Waals surface area contributed by atoms with Gasteiger partial charge < -0.3 is 5.73 Å². The van der Waals surface area contributed by atoms with Crippen molar-refractivity contribution in [3.8, 4) is 0 Å². The Labute approximate surface area is 88.4 Å². The highest BCUT2D eigenvalue weighted by molar-refractivity contribution is 7.89. The van der Waals surface area contributed by atoms with E-state index in [-0.39, 0.29) is 4.90 Å². The molecule has 0 bridgehead atoms. The zero-order chi connectivity index (χ0) is 11.6. The number of nitrogens with zero attached hydrogens (tertiary/aromatic N) is 1. The van der Waals surface area contributed by atoms with E-state index in [2.05, 4.69) is 0 Å². The standard InChI is InChI=1S/C8H13N3O3S/c1-11(14-2)8-5-6(15(10,12)13)3-4-7(8)9/h3-5H,9H2,1-2H3,(H2,10,12,13). The molecule has 1 aromatic rings. The maximum absolute atomic E-state index is 11.1. The summed E-state index contributed by atoms with van der Waals surface area (Å²) in [6.45, 7) is 0. The van der Waals surface area contributed by atoms with Crippen molar-refractivity contribution in [2.24, 2.45) is 5.14 Å². The van der Waals surface area contributed by atoms with Crippen molar-refractivity contribution in [2.75, 3.05) is 25.0 Å². The summed E-state index contributed by atoms with van der Waals surface area (Å²) in [4.78, 5) is 4.90. The minimum absolute atomic E-state index is 0.00407. The van der Waals surface area contributed by atoms with Crippen molar-refractivity contribution >= 4 is 21.4 Å². The normalized spacial score (nSPS) is 11.4. The number of primary sulfonamides is 1. The van der Waals surface area contributed by atoms with Crippen LogP contribution in [-0.4, -0.2) is 22.6 Å². The summed E-state index contributed by atoms with van der Waals surface area (Å²) >= 11 is 0. The van der Waals surface area contributed by atoms with Crippen molar-refractivity contribution in [2.45, 2.75) is 4.90 Å². The fourth-order valence-electron chi connectivity index (χ4n) is 1.07. The number of rotatable bonds is 3. The largest absolute Gasteiger partial charge is 0.397 e. The molecule has 0 amide bonds. The van der Waals surface area contributed by atoms with Gasteiger partial charge in [-0.25, -0.2) is 13.6 Å². The van der Waals surface area contributed by atoms with Crippen LogP contribution < -0.4 is 15.9 Å². The molecule has 4 N–H and O–H groups in total. The molecule has 0 aliphatic rings. The van der Waals surface area contributed by atoms with Crippen molar-refractivity contribution in [3.63, 3.8) is 0 Å². The van der Waals surface area contributed by atoms with Gasteiger partial charge in [0, 0.05) is 7.05 Å². The zero-order valence-electron chi connectivity index (χ0n) is 8.47. The molecule has 0 heterocycles. The highest BCUT2D eigenvalue weighted by Crippen LogP contribution is 2.25. The first-order valence-corrected chi connectivity index (χ1v) is 5.61. The van der Waals surface area contributed by atoms with Crippen LogP contribution in [-0.2, 0) is 14.9 Å². The Kier molecular flexibility index (Phi) is 3.18. The van der Waals surface area contributed by atoms with Crippen LogP contribution in [0, 0.1) is 0 Å². The first kappa shape index (κ1) is 11.8. The third kappa shape index (κ3) is 2.58. The van der Waals surface area contributed by atoms with Crippen LogP contribution in [0.2, 0.25) is 0 Å². The number of hydrogen-bond donors (Lipinski definition) is 2. The van der Waals surface area contributed by atoms with Gasteiger partial charge in [-0.2, -0.15) is 0 Å². The lowest BCUT2D eigenvalue weighted by Crippen LogP contribution is -2.18. The summed E-state index contributed by atoms with van der Waals surface area (Å²) in [5.41, 5.74) is 6.51. The van der Waals surface area contributed by atoms with Crippen LogP contribution in [0.4, 0.5) is 11.4 Å². The van der Waals surface area contributed by atoms with E-state index in [0.717, 1.165) is 0 Å². The molecule has 0 atom stereocenters. The average Bonchev–Trinajstić information content (AvgIpc) is 2.15. The van der Waals surface area contributed by atoms with Gasteiger partial charge in [0.05, 0.1) is 23.4 Å². The number of nitrogens with two attached hydrogens (primary N) is 2. The SMILES string of the molecule is CON(C)c1cc(S(N)(=O)=O)ccc1N. The van der Waals surface area contributed by atoms with E-state index >= 15 is 0 Å². The maximum atomic E-state index is 11.1. The van der Waals surface area contributed by atoms with Crippen molar-refractivity contribution in [1.29, 1.82) is 0 Å². The van der Waals surface area contributed by atoms with E-state index in [0.29, 0.717) is 11.4 Å². The fourth-order valence-corrected chi connectivity index (χ4v) is 1.61. The van der Waals surface area contributed by atoms with E-state index < -0.39 is 10.0 Å². The summed E-state index contributed by atoms with van der Waals surface area (Å²) in [6, 6.07) is 4.16. The molecule has 1 rings (SSSR count). The van der Waals surface area contributed by atoms with Crippen LogP contribution in [0.1, 0.15) is 0 Å². The molecule has 0 aliphatic carbocycles. The molecule has 0 spiro atoms. The van der Waals surface area contributed by atoms with E-state index in [4.69, 9.17) is 15.7 Å². The van der Waals surface area contributed by atoms with Crippen LogP contribution in [0.5, 0.6) is 0 Å². The van der Waals surface area contributed by atoms with Gasteiger partial charge in [-0.1, -0.05) is 0 Å². The number of sulfonamides is 1. The average molecular weight is 231 g/mol. The second-order valence-electron chi connectivity index (χ2n) is 2.95. The van der Waals surface area contributed by atoms with E-state index in [9.17, 15) is 8.42 Å². The Morgan fingerprint density at radius 3 is 2.47 bits per heavy atom. The number of hydroxylamine groups is 1. The molecule has 0 aliphatic heterocycles. The topological polar surface area (TPSA) is 98.6 Å². The molecular weight excluding hydrogens is 218 g/mol. The van der Waals surface area contributed by atoms with Crippen molar-refractivity contribution < 1.29 is 13.3 Å². The second-order valence-corrected chi connectivity index (χ2v) is 4.51. The Bertz CT molecular complexity index is 458. The van der Waals surface area contributed by atoms with Gasteiger partial charge in [-0.05, 0) is 18.2 Å². The van der Waals surface area contributed by atoms with Gasteiger partial charge in [-0.15, -0.1) is 0 Å². The van der Waals surface area contributed by atoms with Crippen molar-refractivity contribution in [1.82, 2.24) is 0 Å². The zero-order valence-corrected chi connectivity index (χ0v) is 9.28. The molecule has 0 aromatic heterocycles. The number of nitrogen functional groups attached to an aromatic ring is 1. The summed E-state index contributed by atoms with van der Waals surface area (Å²) in [7, 11) is -0.664. The van der Waals surface area contributed by atoms with Gasteiger partial charge in [0.15, 0.2) is 0 Å². The van der Waals surface area contributed by atoms with Crippen LogP contribution in [0.3, 0.4) is 0 Å². The van der Waals surface area contributed by atoms with Gasteiger partial charge in [0.1, 0.15) is 0 Å². The van der Waals surface area contributed by atoms with Gasteiger partial charge in [0.2, 0.25) is 10.0 Å². The lowest BCUT2D eigenvalue weighted by atomic mass is 10.3. The molecular formula is C8H13N3O3S. The van der Waals surface area contributed by atoms with E-state index in [1.54, 1.807) is 7.05 Å². The first-order valence-electron chi connectivity index (χ1n) is 4.06. The highest BCUT2D eigenvalue weighted by Gasteiger charge is 2.12. The number of anilines is 2. The Balaban J connectivity index is 3.29. The van der Waals surface area contributed by atoms with Crippen molar-refractivity contribution in [3.05, 3.63) is 18.2 Å². The molecule has 7 heteroatoms. The molecule has 15 heavy (non-hydrogen) atoms. The third-order valence-corrected chi connectivity index (χ3v) is 2.85. The summed E-state index contributed by atoms with van der Waals surface area (Å²) in [5, 5.41) is 6.34. The predicted molar refractivity (Wildman–Crippen MR) is 57.6 cm³/mol. The first-order chi connectivity index (χ1) is 6.86. The van der Waals surface area contributed by atoms with E-state index in [1.807, 2.05) is 0 Å². The molecule has 0 radical (unpaired) electrons.